The standard InChI is InChI=1S/C21H23N3O6S/c1-3-11-23-31(28,29)18-6-4-5-16(13-18)21(27)24-17-9-7-15(8-10-17)12-19(25)22-14-20(26)30-2/h3-10,13,23H,1,11-12,14H2,2H3,(H,22,25)(H,24,27). The van der Waals surface area contributed by atoms with E-state index < -0.39 is 21.9 Å². The fraction of sp³-hybridized carbons (Fsp3) is 0.190. The zero-order valence-corrected chi connectivity index (χ0v) is 17.7. The van der Waals surface area contributed by atoms with E-state index in [1.807, 2.05) is 0 Å². The van der Waals surface area contributed by atoms with Crippen LogP contribution < -0.4 is 15.4 Å². The zero-order chi connectivity index (χ0) is 22.9. The first-order chi connectivity index (χ1) is 14.7. The Labute approximate surface area is 180 Å². The highest BCUT2D eigenvalue weighted by atomic mass is 32.2. The van der Waals surface area contributed by atoms with Crippen LogP contribution in [0.25, 0.3) is 0 Å². The van der Waals surface area contributed by atoms with E-state index in [0.29, 0.717) is 11.3 Å². The van der Waals surface area contributed by atoms with Gasteiger partial charge in [0.1, 0.15) is 6.54 Å². The lowest BCUT2D eigenvalue weighted by Gasteiger charge is -2.09. The number of nitrogens with one attached hydrogen (secondary N) is 3. The van der Waals surface area contributed by atoms with Crippen molar-refractivity contribution in [2.45, 2.75) is 11.3 Å². The largest absolute Gasteiger partial charge is 0.468 e. The summed E-state index contributed by atoms with van der Waals surface area (Å²) in [4.78, 5) is 35.3. The Morgan fingerprint density at radius 2 is 1.81 bits per heavy atom. The molecule has 0 atom stereocenters. The van der Waals surface area contributed by atoms with Crippen LogP contribution in [0, 0.1) is 0 Å². The number of anilines is 1. The Bertz CT molecular complexity index is 1060. The number of amides is 2. The highest BCUT2D eigenvalue weighted by molar-refractivity contribution is 7.89. The molecule has 0 aliphatic carbocycles. The van der Waals surface area contributed by atoms with E-state index in [1.54, 1.807) is 24.3 Å². The highest BCUT2D eigenvalue weighted by Gasteiger charge is 2.15. The average molecular weight is 445 g/mol. The third-order valence-electron chi connectivity index (χ3n) is 4.06. The second kappa shape index (κ2) is 11.0. The number of benzene rings is 2. The molecule has 2 amide bonds. The van der Waals surface area contributed by atoms with Crippen LogP contribution in [-0.2, 0) is 30.8 Å². The molecule has 0 unspecified atom stereocenters. The Hall–Kier alpha value is -3.50. The normalized spacial score (nSPS) is 10.7. The number of methoxy groups -OCH3 is 1. The maximum Gasteiger partial charge on any atom is 0.325 e. The lowest BCUT2D eigenvalue weighted by Crippen LogP contribution is -2.31. The number of sulfonamides is 1. The van der Waals surface area contributed by atoms with Crippen molar-refractivity contribution in [1.29, 1.82) is 0 Å². The number of carbonyl (C=O) groups excluding carboxylic acids is 3. The van der Waals surface area contributed by atoms with Gasteiger partial charge in [-0.1, -0.05) is 24.3 Å². The molecule has 164 valence electrons. The first-order valence-corrected chi connectivity index (χ1v) is 10.7. The van der Waals surface area contributed by atoms with Crippen LogP contribution in [0.2, 0.25) is 0 Å². The molecule has 0 radical (unpaired) electrons. The molecular weight excluding hydrogens is 422 g/mol. The van der Waals surface area contributed by atoms with Crippen molar-refractivity contribution < 1.29 is 27.5 Å². The predicted octanol–water partition coefficient (Wildman–Crippen LogP) is 1.23. The quantitative estimate of drug-likeness (QED) is 0.373. The second-order valence-corrected chi connectivity index (χ2v) is 8.12. The monoisotopic (exact) mass is 445 g/mol. The van der Waals surface area contributed by atoms with Crippen molar-refractivity contribution in [3.05, 3.63) is 72.3 Å². The number of rotatable bonds is 10. The van der Waals surface area contributed by atoms with Crippen LogP contribution in [0.3, 0.4) is 0 Å². The molecule has 31 heavy (non-hydrogen) atoms. The molecule has 3 N–H and O–H groups in total. The van der Waals surface area contributed by atoms with Crippen LogP contribution in [0.5, 0.6) is 0 Å². The fourth-order valence-electron chi connectivity index (χ4n) is 2.46. The molecule has 0 aliphatic heterocycles. The smallest absolute Gasteiger partial charge is 0.325 e. The van der Waals surface area contributed by atoms with Crippen LogP contribution in [0.4, 0.5) is 5.69 Å². The first-order valence-electron chi connectivity index (χ1n) is 9.19. The zero-order valence-electron chi connectivity index (χ0n) is 16.9. The molecular formula is C21H23N3O6S. The molecule has 0 saturated carbocycles. The van der Waals surface area contributed by atoms with Gasteiger partial charge in [0.05, 0.1) is 18.4 Å². The summed E-state index contributed by atoms with van der Waals surface area (Å²) in [6.07, 6.45) is 1.48. The molecule has 0 aromatic heterocycles. The molecule has 0 aliphatic rings. The molecule has 9 nitrogen and oxygen atoms in total. The van der Waals surface area contributed by atoms with Crippen LogP contribution in [0.1, 0.15) is 15.9 Å². The van der Waals surface area contributed by atoms with Gasteiger partial charge in [-0.3, -0.25) is 14.4 Å². The number of esters is 1. The molecule has 0 heterocycles. The summed E-state index contributed by atoms with van der Waals surface area (Å²) in [5.41, 5.74) is 1.33. The summed E-state index contributed by atoms with van der Waals surface area (Å²) < 4.78 is 31.2. The summed E-state index contributed by atoms with van der Waals surface area (Å²) >= 11 is 0. The molecule has 2 aromatic rings. The van der Waals surface area contributed by atoms with Crippen molar-refractivity contribution in [3.8, 4) is 0 Å². The molecule has 0 fully saturated rings. The SMILES string of the molecule is C=CCNS(=O)(=O)c1cccc(C(=O)Nc2ccc(CC(=O)NCC(=O)OC)cc2)c1. The number of carbonyl (C=O) groups is 3. The van der Waals surface area contributed by atoms with Crippen molar-refractivity contribution in [2.24, 2.45) is 0 Å². The Balaban J connectivity index is 2.00. The molecule has 10 heteroatoms. The van der Waals surface area contributed by atoms with Gasteiger partial charge in [0.2, 0.25) is 15.9 Å². The van der Waals surface area contributed by atoms with E-state index in [0.717, 1.165) is 0 Å². The third-order valence-corrected chi connectivity index (χ3v) is 5.48. The average Bonchev–Trinajstić information content (AvgIpc) is 2.77. The number of hydrogen-bond donors (Lipinski definition) is 3. The Morgan fingerprint density at radius 1 is 1.10 bits per heavy atom. The van der Waals surface area contributed by atoms with E-state index in [1.165, 1.54) is 37.5 Å². The number of hydrogen-bond acceptors (Lipinski definition) is 6. The van der Waals surface area contributed by atoms with E-state index in [9.17, 15) is 22.8 Å². The maximum absolute atomic E-state index is 12.5. The molecule has 0 saturated heterocycles. The van der Waals surface area contributed by atoms with Gasteiger partial charge < -0.3 is 15.4 Å². The van der Waals surface area contributed by atoms with Crippen molar-refractivity contribution in [3.63, 3.8) is 0 Å². The lowest BCUT2D eigenvalue weighted by molar-refractivity contribution is -0.141. The van der Waals surface area contributed by atoms with Gasteiger partial charge >= 0.3 is 5.97 Å². The van der Waals surface area contributed by atoms with E-state index >= 15 is 0 Å². The molecule has 0 spiro atoms. The first kappa shape index (κ1) is 23.8. The fourth-order valence-corrected chi connectivity index (χ4v) is 3.50. The Kier molecular flexibility index (Phi) is 8.47. The van der Waals surface area contributed by atoms with E-state index in [-0.39, 0.29) is 35.9 Å². The molecule has 0 bridgehead atoms. The minimum Gasteiger partial charge on any atom is -0.468 e. The van der Waals surface area contributed by atoms with Gasteiger partial charge in [-0.15, -0.1) is 6.58 Å². The summed E-state index contributed by atoms with van der Waals surface area (Å²) in [6, 6.07) is 12.2. The van der Waals surface area contributed by atoms with Gasteiger partial charge in [-0.05, 0) is 35.9 Å². The topological polar surface area (TPSA) is 131 Å². The lowest BCUT2D eigenvalue weighted by atomic mass is 10.1. The predicted molar refractivity (Wildman–Crippen MR) is 115 cm³/mol. The molecule has 2 rings (SSSR count). The summed E-state index contributed by atoms with van der Waals surface area (Å²) in [7, 11) is -2.52. The minimum absolute atomic E-state index is 0.0321. The number of ether oxygens (including phenoxy) is 1. The summed E-state index contributed by atoms with van der Waals surface area (Å²) in [5.74, 6) is -1.37. The van der Waals surface area contributed by atoms with Gasteiger partial charge in [0.25, 0.3) is 5.91 Å². The molecule has 2 aromatic carbocycles. The van der Waals surface area contributed by atoms with Crippen molar-refractivity contribution in [2.75, 3.05) is 25.5 Å². The summed E-state index contributed by atoms with van der Waals surface area (Å²) in [6.45, 7) is 3.33. The highest BCUT2D eigenvalue weighted by Crippen LogP contribution is 2.15. The van der Waals surface area contributed by atoms with Gasteiger partial charge in [0.15, 0.2) is 0 Å². The van der Waals surface area contributed by atoms with Gasteiger partial charge in [-0.2, -0.15) is 0 Å². The summed E-state index contributed by atoms with van der Waals surface area (Å²) in [5, 5.41) is 5.11. The van der Waals surface area contributed by atoms with Crippen LogP contribution in [0.15, 0.2) is 66.1 Å². The van der Waals surface area contributed by atoms with E-state index in [2.05, 4.69) is 26.7 Å². The van der Waals surface area contributed by atoms with Gasteiger partial charge in [0, 0.05) is 17.8 Å². The second-order valence-electron chi connectivity index (χ2n) is 6.35. The van der Waals surface area contributed by atoms with Crippen molar-refractivity contribution in [1.82, 2.24) is 10.0 Å². The third kappa shape index (κ3) is 7.36. The van der Waals surface area contributed by atoms with Gasteiger partial charge in [-0.25, -0.2) is 13.1 Å². The van der Waals surface area contributed by atoms with Crippen LogP contribution >= 0.6 is 0 Å². The van der Waals surface area contributed by atoms with Crippen molar-refractivity contribution >= 4 is 33.5 Å². The maximum atomic E-state index is 12.5. The minimum atomic E-state index is -3.75. The Morgan fingerprint density at radius 3 is 2.45 bits per heavy atom. The van der Waals surface area contributed by atoms with Crippen LogP contribution in [-0.4, -0.2) is 46.4 Å². The van der Waals surface area contributed by atoms with E-state index in [4.69, 9.17) is 0 Å².